The van der Waals surface area contributed by atoms with E-state index in [1.54, 1.807) is 49.3 Å². The van der Waals surface area contributed by atoms with E-state index >= 15 is 0 Å². The topological polar surface area (TPSA) is 62.5 Å². The minimum atomic E-state index is -0.537. The molecule has 0 fully saturated rings. The molecule has 0 radical (unpaired) electrons. The first-order chi connectivity index (χ1) is 11.1. The number of hydrogen-bond acceptors (Lipinski definition) is 4. The second-order valence-corrected chi connectivity index (χ2v) is 5.07. The van der Waals surface area contributed by atoms with Gasteiger partial charge in [0.05, 0.1) is 36.4 Å². The predicted molar refractivity (Wildman–Crippen MR) is 86.4 cm³/mol. The zero-order valence-corrected chi connectivity index (χ0v) is 13.1. The van der Waals surface area contributed by atoms with E-state index in [1.807, 2.05) is 12.1 Å². The Morgan fingerprint density at radius 3 is 2.57 bits per heavy atom. The number of aryl methyl sites for hydroxylation is 1. The van der Waals surface area contributed by atoms with Crippen molar-refractivity contribution in [1.29, 1.82) is 0 Å². The molecule has 3 rings (SSSR count). The van der Waals surface area contributed by atoms with Crippen molar-refractivity contribution >= 4 is 16.9 Å². The lowest BCUT2D eigenvalue weighted by Crippen LogP contribution is -2.19. The minimum absolute atomic E-state index is 0.249. The number of aromatic nitrogens is 2. The van der Waals surface area contributed by atoms with Crippen LogP contribution in [-0.2, 0) is 11.8 Å². The normalized spacial score (nSPS) is 10.7. The van der Waals surface area contributed by atoms with E-state index in [0.29, 0.717) is 22.3 Å². The first-order valence-electron chi connectivity index (χ1n) is 7.01. The van der Waals surface area contributed by atoms with Crippen LogP contribution in [0, 0.1) is 0 Å². The van der Waals surface area contributed by atoms with Crippen LogP contribution in [0.1, 0.15) is 10.4 Å². The molecule has 118 valence electrons. The van der Waals surface area contributed by atoms with Crippen LogP contribution in [0.5, 0.6) is 5.75 Å². The molecule has 0 spiro atoms. The maximum Gasteiger partial charge on any atom is 0.340 e. The lowest BCUT2D eigenvalue weighted by Gasteiger charge is -2.11. The summed E-state index contributed by atoms with van der Waals surface area (Å²) in [6.45, 7) is 0. The van der Waals surface area contributed by atoms with Gasteiger partial charge in [-0.2, -0.15) is 0 Å². The van der Waals surface area contributed by atoms with Gasteiger partial charge in [0.25, 0.3) is 5.56 Å². The van der Waals surface area contributed by atoms with E-state index in [4.69, 9.17) is 9.47 Å². The third-order valence-corrected chi connectivity index (χ3v) is 3.79. The van der Waals surface area contributed by atoms with Gasteiger partial charge in [-0.1, -0.05) is 12.1 Å². The molecule has 0 aliphatic rings. The number of nitrogens with zero attached hydrogens (tertiary/aromatic N) is 2. The zero-order valence-electron chi connectivity index (χ0n) is 13.1. The molecule has 6 heteroatoms. The molecule has 3 aromatic rings. The largest absolute Gasteiger partial charge is 0.495 e. The van der Waals surface area contributed by atoms with Gasteiger partial charge < -0.3 is 14.0 Å². The first kappa shape index (κ1) is 14.9. The number of para-hydroxylation sites is 2. The monoisotopic (exact) mass is 312 g/mol. The number of benzene rings is 1. The van der Waals surface area contributed by atoms with Gasteiger partial charge in [-0.05, 0) is 18.2 Å². The average Bonchev–Trinajstić information content (AvgIpc) is 2.92. The van der Waals surface area contributed by atoms with Gasteiger partial charge in [-0.15, -0.1) is 0 Å². The summed E-state index contributed by atoms with van der Waals surface area (Å²) in [5.41, 5.74) is 1.23. The van der Waals surface area contributed by atoms with Crippen LogP contribution in [-0.4, -0.2) is 29.3 Å². The first-order valence-corrected chi connectivity index (χ1v) is 7.01. The quantitative estimate of drug-likeness (QED) is 0.695. The summed E-state index contributed by atoms with van der Waals surface area (Å²) in [5, 5.41) is 0.327. The molecule has 2 aromatic heterocycles. The summed E-state index contributed by atoms with van der Waals surface area (Å²) in [4.78, 5) is 24.9. The fourth-order valence-electron chi connectivity index (χ4n) is 2.68. The molecule has 0 saturated heterocycles. The fourth-order valence-corrected chi connectivity index (χ4v) is 2.68. The van der Waals surface area contributed by atoms with Gasteiger partial charge in [0.2, 0.25) is 0 Å². The van der Waals surface area contributed by atoms with Crippen molar-refractivity contribution in [2.75, 3.05) is 14.2 Å². The molecule has 23 heavy (non-hydrogen) atoms. The number of ether oxygens (including phenoxy) is 2. The Hall–Kier alpha value is -3.02. The third kappa shape index (κ3) is 2.28. The van der Waals surface area contributed by atoms with Crippen LogP contribution in [0.25, 0.3) is 16.6 Å². The lowest BCUT2D eigenvalue weighted by atomic mass is 10.2. The number of carbonyl (C=O) groups is 1. The Morgan fingerprint density at radius 1 is 1.13 bits per heavy atom. The Labute approximate surface area is 132 Å². The predicted octanol–water partition coefficient (Wildman–Crippen LogP) is 2.12. The number of methoxy groups -OCH3 is 2. The molecular weight excluding hydrogens is 296 g/mol. The molecule has 0 saturated carbocycles. The van der Waals surface area contributed by atoms with Crippen LogP contribution < -0.4 is 10.3 Å². The third-order valence-electron chi connectivity index (χ3n) is 3.79. The Bertz CT molecular complexity index is 953. The highest BCUT2D eigenvalue weighted by Crippen LogP contribution is 2.23. The highest BCUT2D eigenvalue weighted by Gasteiger charge is 2.19. The van der Waals surface area contributed by atoms with E-state index in [-0.39, 0.29) is 11.1 Å². The van der Waals surface area contributed by atoms with Gasteiger partial charge in [0, 0.05) is 19.4 Å². The lowest BCUT2D eigenvalue weighted by molar-refractivity contribution is 0.0602. The smallest absolute Gasteiger partial charge is 0.340 e. The maximum absolute atomic E-state index is 12.9. The summed E-state index contributed by atoms with van der Waals surface area (Å²) < 4.78 is 13.3. The van der Waals surface area contributed by atoms with Crippen LogP contribution in [0.15, 0.2) is 47.5 Å². The molecule has 0 aliphatic heterocycles. The van der Waals surface area contributed by atoms with Gasteiger partial charge in [-0.25, -0.2) is 4.79 Å². The zero-order chi connectivity index (χ0) is 16.6. The summed E-state index contributed by atoms with van der Waals surface area (Å²) in [6.07, 6.45) is 3.27. The van der Waals surface area contributed by atoms with Gasteiger partial charge >= 0.3 is 5.97 Å². The van der Waals surface area contributed by atoms with Crippen molar-refractivity contribution in [2.24, 2.45) is 7.05 Å². The molecular formula is C17H16N2O4. The van der Waals surface area contributed by atoms with E-state index in [2.05, 4.69) is 0 Å². The number of pyridine rings is 1. The van der Waals surface area contributed by atoms with E-state index in [9.17, 15) is 9.59 Å². The standard InChI is InChI=1S/C17H16N2O4/c1-18-10-11(17(21)23-3)15-13(18)8-9-19(16(15)20)12-6-4-5-7-14(12)22-2/h4-10H,1-3H3. The van der Waals surface area contributed by atoms with E-state index < -0.39 is 5.97 Å². The number of esters is 1. The van der Waals surface area contributed by atoms with Crippen LogP contribution in [0.3, 0.4) is 0 Å². The molecule has 0 N–H and O–H groups in total. The number of carbonyl (C=O) groups excluding carboxylic acids is 1. The van der Waals surface area contributed by atoms with Crippen LogP contribution >= 0.6 is 0 Å². The van der Waals surface area contributed by atoms with Gasteiger partial charge in [0.15, 0.2) is 0 Å². The Kier molecular flexibility index (Phi) is 3.65. The molecule has 0 bridgehead atoms. The highest BCUT2D eigenvalue weighted by atomic mass is 16.5. The Morgan fingerprint density at radius 2 is 1.87 bits per heavy atom. The number of fused-ring (bicyclic) bond motifs is 1. The number of hydrogen-bond donors (Lipinski definition) is 0. The molecule has 2 heterocycles. The van der Waals surface area contributed by atoms with Crippen molar-refractivity contribution in [3.8, 4) is 11.4 Å². The van der Waals surface area contributed by atoms with Crippen LogP contribution in [0.4, 0.5) is 0 Å². The van der Waals surface area contributed by atoms with Gasteiger partial charge in [0.1, 0.15) is 5.75 Å². The SMILES string of the molecule is COC(=O)c1cn(C)c2ccn(-c3ccccc3OC)c(=O)c12. The summed E-state index contributed by atoms with van der Waals surface area (Å²) >= 11 is 0. The fraction of sp³-hybridized carbons (Fsp3) is 0.176. The van der Waals surface area contributed by atoms with E-state index in [0.717, 1.165) is 0 Å². The summed E-state index contributed by atoms with van der Waals surface area (Å²) in [5.74, 6) is 0.0370. The summed E-state index contributed by atoms with van der Waals surface area (Å²) in [6, 6.07) is 9.00. The van der Waals surface area contributed by atoms with Crippen molar-refractivity contribution in [2.45, 2.75) is 0 Å². The van der Waals surface area contributed by atoms with Crippen LogP contribution in [0.2, 0.25) is 0 Å². The molecule has 0 amide bonds. The maximum atomic E-state index is 12.9. The number of rotatable bonds is 3. The van der Waals surface area contributed by atoms with Crippen molar-refractivity contribution in [3.63, 3.8) is 0 Å². The molecule has 6 nitrogen and oxygen atoms in total. The van der Waals surface area contributed by atoms with Crippen molar-refractivity contribution in [3.05, 3.63) is 58.6 Å². The minimum Gasteiger partial charge on any atom is -0.495 e. The van der Waals surface area contributed by atoms with Gasteiger partial charge in [-0.3, -0.25) is 9.36 Å². The molecule has 0 aliphatic carbocycles. The van der Waals surface area contributed by atoms with Crippen molar-refractivity contribution in [1.82, 2.24) is 9.13 Å². The Balaban J connectivity index is 2.35. The highest BCUT2D eigenvalue weighted by molar-refractivity contribution is 6.04. The summed E-state index contributed by atoms with van der Waals surface area (Å²) in [7, 11) is 4.62. The second kappa shape index (κ2) is 5.64. The second-order valence-electron chi connectivity index (χ2n) is 5.07. The molecule has 1 aromatic carbocycles. The van der Waals surface area contributed by atoms with E-state index in [1.165, 1.54) is 11.7 Å². The average molecular weight is 312 g/mol. The van der Waals surface area contributed by atoms with Crippen molar-refractivity contribution < 1.29 is 14.3 Å². The molecule has 0 unspecified atom stereocenters. The molecule has 0 atom stereocenters.